The van der Waals surface area contributed by atoms with Gasteiger partial charge in [0.05, 0.1) is 17.3 Å². The fraction of sp³-hybridized carbons (Fsp3) is 0.417. The lowest BCUT2D eigenvalue weighted by Crippen LogP contribution is -2.27. The van der Waals surface area contributed by atoms with E-state index in [1.54, 1.807) is 18.2 Å². The van der Waals surface area contributed by atoms with Crippen LogP contribution in [-0.4, -0.2) is 35.8 Å². The van der Waals surface area contributed by atoms with Crippen LogP contribution in [0.5, 0.6) is 0 Å². The predicted octanol–water partition coefficient (Wildman–Crippen LogP) is 1.64. The van der Waals surface area contributed by atoms with Crippen molar-refractivity contribution in [3.8, 4) is 0 Å². The smallest absolute Gasteiger partial charge is 0.170 e. The Labute approximate surface area is 111 Å². The first-order chi connectivity index (χ1) is 8.63. The van der Waals surface area contributed by atoms with Gasteiger partial charge < -0.3 is 20.9 Å². The third-order valence-electron chi connectivity index (χ3n) is 2.56. The van der Waals surface area contributed by atoms with E-state index in [1.807, 2.05) is 4.90 Å². The SMILES string of the molecule is CCCN(CCO)c1ccc(C(N)=NO)cc1Cl. The van der Waals surface area contributed by atoms with Gasteiger partial charge in [0, 0.05) is 18.7 Å². The first-order valence-corrected chi connectivity index (χ1v) is 6.15. The number of nitrogens with two attached hydrogens (primary N) is 1. The molecule has 0 aliphatic carbocycles. The summed E-state index contributed by atoms with van der Waals surface area (Å²) >= 11 is 6.18. The maximum Gasteiger partial charge on any atom is 0.170 e. The van der Waals surface area contributed by atoms with Crippen molar-refractivity contribution in [2.75, 3.05) is 24.6 Å². The average molecular weight is 272 g/mol. The standard InChI is InChI=1S/C12H18ClN3O2/c1-2-5-16(6-7-17)11-4-3-9(8-10(11)13)12(14)15-18/h3-4,8,17-18H,2,5-7H2,1H3,(H2,14,15). The summed E-state index contributed by atoms with van der Waals surface area (Å²) in [7, 11) is 0. The summed E-state index contributed by atoms with van der Waals surface area (Å²) in [6.45, 7) is 3.46. The van der Waals surface area contributed by atoms with E-state index >= 15 is 0 Å². The normalized spacial score (nSPS) is 11.6. The molecular weight excluding hydrogens is 254 g/mol. The van der Waals surface area contributed by atoms with Gasteiger partial charge in [-0.3, -0.25) is 0 Å². The second-order valence-electron chi connectivity index (χ2n) is 3.86. The van der Waals surface area contributed by atoms with Crippen molar-refractivity contribution in [2.45, 2.75) is 13.3 Å². The maximum absolute atomic E-state index is 9.04. The largest absolute Gasteiger partial charge is 0.409 e. The summed E-state index contributed by atoms with van der Waals surface area (Å²) in [6.07, 6.45) is 0.957. The molecule has 0 heterocycles. The van der Waals surface area contributed by atoms with Crippen molar-refractivity contribution in [2.24, 2.45) is 10.9 Å². The molecule has 4 N–H and O–H groups in total. The van der Waals surface area contributed by atoms with Crippen molar-refractivity contribution in [1.82, 2.24) is 0 Å². The van der Waals surface area contributed by atoms with Gasteiger partial charge in [-0.15, -0.1) is 0 Å². The fourth-order valence-corrected chi connectivity index (χ4v) is 2.02. The number of hydrogen-bond acceptors (Lipinski definition) is 4. The monoisotopic (exact) mass is 271 g/mol. The first kappa shape index (κ1) is 14.6. The van der Waals surface area contributed by atoms with Crippen molar-refractivity contribution < 1.29 is 10.3 Å². The van der Waals surface area contributed by atoms with Crippen LogP contribution in [0, 0.1) is 0 Å². The summed E-state index contributed by atoms with van der Waals surface area (Å²) in [6, 6.07) is 5.18. The number of halogens is 1. The van der Waals surface area contributed by atoms with Gasteiger partial charge in [0.1, 0.15) is 0 Å². The summed E-state index contributed by atoms with van der Waals surface area (Å²) < 4.78 is 0. The number of aliphatic hydroxyl groups is 1. The molecule has 0 saturated heterocycles. The van der Waals surface area contributed by atoms with Crippen molar-refractivity contribution >= 4 is 23.1 Å². The van der Waals surface area contributed by atoms with Gasteiger partial charge in [-0.05, 0) is 24.6 Å². The van der Waals surface area contributed by atoms with E-state index in [9.17, 15) is 0 Å². The molecule has 18 heavy (non-hydrogen) atoms. The van der Waals surface area contributed by atoms with E-state index in [4.69, 9.17) is 27.6 Å². The highest BCUT2D eigenvalue weighted by molar-refractivity contribution is 6.33. The summed E-state index contributed by atoms with van der Waals surface area (Å²) in [5.74, 6) is 0.0210. The summed E-state index contributed by atoms with van der Waals surface area (Å²) in [5.41, 5.74) is 6.89. The Kier molecular flexibility index (Phi) is 5.74. The number of hydrogen-bond donors (Lipinski definition) is 3. The molecule has 0 spiro atoms. The lowest BCUT2D eigenvalue weighted by Gasteiger charge is -2.24. The van der Waals surface area contributed by atoms with Crippen LogP contribution in [0.2, 0.25) is 5.02 Å². The minimum Gasteiger partial charge on any atom is -0.409 e. The molecular formula is C12H18ClN3O2. The van der Waals surface area contributed by atoms with Crippen LogP contribution in [0.1, 0.15) is 18.9 Å². The van der Waals surface area contributed by atoms with Gasteiger partial charge in [-0.2, -0.15) is 0 Å². The average Bonchev–Trinajstić information content (AvgIpc) is 2.37. The molecule has 1 rings (SSSR count). The highest BCUT2D eigenvalue weighted by atomic mass is 35.5. The Morgan fingerprint density at radius 3 is 2.67 bits per heavy atom. The Morgan fingerprint density at radius 2 is 2.17 bits per heavy atom. The number of rotatable bonds is 6. The van der Waals surface area contributed by atoms with Gasteiger partial charge in [0.2, 0.25) is 0 Å². The number of aliphatic hydroxyl groups excluding tert-OH is 1. The van der Waals surface area contributed by atoms with Crippen LogP contribution in [0.15, 0.2) is 23.4 Å². The summed E-state index contributed by atoms with van der Waals surface area (Å²) in [4.78, 5) is 2.00. The van der Waals surface area contributed by atoms with Crippen LogP contribution in [-0.2, 0) is 0 Å². The molecule has 0 radical (unpaired) electrons. The zero-order valence-corrected chi connectivity index (χ0v) is 11.1. The maximum atomic E-state index is 9.04. The molecule has 0 bridgehead atoms. The Bertz CT molecular complexity index is 418. The molecule has 0 atom stereocenters. The van der Waals surface area contributed by atoms with Crippen molar-refractivity contribution in [3.63, 3.8) is 0 Å². The summed E-state index contributed by atoms with van der Waals surface area (Å²) in [5, 5.41) is 21.1. The Morgan fingerprint density at radius 1 is 1.44 bits per heavy atom. The number of benzene rings is 1. The Hall–Kier alpha value is -1.46. The minimum absolute atomic E-state index is 0.0210. The zero-order valence-electron chi connectivity index (χ0n) is 10.3. The van der Waals surface area contributed by atoms with Crippen molar-refractivity contribution in [3.05, 3.63) is 28.8 Å². The molecule has 5 nitrogen and oxygen atoms in total. The third-order valence-corrected chi connectivity index (χ3v) is 2.86. The predicted molar refractivity (Wildman–Crippen MR) is 73.6 cm³/mol. The van der Waals surface area contributed by atoms with E-state index < -0.39 is 0 Å². The zero-order chi connectivity index (χ0) is 13.5. The van der Waals surface area contributed by atoms with Crippen LogP contribution in [0.3, 0.4) is 0 Å². The van der Waals surface area contributed by atoms with E-state index in [0.29, 0.717) is 17.1 Å². The molecule has 0 fully saturated rings. The minimum atomic E-state index is 0.0210. The van der Waals surface area contributed by atoms with Crippen LogP contribution < -0.4 is 10.6 Å². The highest BCUT2D eigenvalue weighted by Gasteiger charge is 2.11. The molecule has 0 unspecified atom stereocenters. The van der Waals surface area contributed by atoms with Crippen LogP contribution in [0.25, 0.3) is 0 Å². The number of anilines is 1. The first-order valence-electron chi connectivity index (χ1n) is 5.77. The van der Waals surface area contributed by atoms with Crippen molar-refractivity contribution in [1.29, 1.82) is 0 Å². The second kappa shape index (κ2) is 7.08. The van der Waals surface area contributed by atoms with Crippen LogP contribution in [0.4, 0.5) is 5.69 Å². The lowest BCUT2D eigenvalue weighted by atomic mass is 10.1. The molecule has 0 saturated carbocycles. The van der Waals surface area contributed by atoms with E-state index in [2.05, 4.69) is 12.1 Å². The molecule has 100 valence electrons. The molecule has 0 aliphatic rings. The molecule has 1 aromatic rings. The number of oxime groups is 1. The van der Waals surface area contributed by atoms with Gasteiger partial charge in [0.25, 0.3) is 0 Å². The highest BCUT2D eigenvalue weighted by Crippen LogP contribution is 2.27. The van der Waals surface area contributed by atoms with E-state index in [-0.39, 0.29) is 12.4 Å². The van der Waals surface area contributed by atoms with Gasteiger partial charge in [-0.1, -0.05) is 23.7 Å². The van der Waals surface area contributed by atoms with E-state index in [1.165, 1.54) is 0 Å². The van der Waals surface area contributed by atoms with E-state index in [0.717, 1.165) is 18.7 Å². The number of nitrogens with zero attached hydrogens (tertiary/aromatic N) is 2. The quantitative estimate of drug-likeness (QED) is 0.318. The van der Waals surface area contributed by atoms with Gasteiger partial charge in [-0.25, -0.2) is 0 Å². The molecule has 1 aromatic carbocycles. The van der Waals surface area contributed by atoms with Crippen LogP contribution >= 0.6 is 11.6 Å². The third kappa shape index (κ3) is 3.51. The molecule has 0 aromatic heterocycles. The van der Waals surface area contributed by atoms with Gasteiger partial charge >= 0.3 is 0 Å². The topological polar surface area (TPSA) is 82.1 Å². The fourth-order valence-electron chi connectivity index (χ4n) is 1.72. The Balaban J connectivity index is 3.02. The molecule has 6 heteroatoms. The molecule has 0 aliphatic heterocycles. The second-order valence-corrected chi connectivity index (χ2v) is 4.27. The molecule has 0 amide bonds. The lowest BCUT2D eigenvalue weighted by molar-refractivity contribution is 0.302. The van der Waals surface area contributed by atoms with Gasteiger partial charge in [0.15, 0.2) is 5.84 Å². The number of amidine groups is 1.